The second-order valence-electron chi connectivity index (χ2n) is 6.99. The minimum Gasteiger partial charge on any atom is -0.483 e. The zero-order valence-corrected chi connectivity index (χ0v) is 17.4. The maximum atomic E-state index is 11.9. The molecule has 2 rings (SSSR count). The number of amides is 2. The Morgan fingerprint density at radius 3 is 2.04 bits per heavy atom. The van der Waals surface area contributed by atoms with Crippen LogP contribution in [0.3, 0.4) is 0 Å². The molecule has 0 radical (unpaired) electrons. The van der Waals surface area contributed by atoms with Gasteiger partial charge < -0.3 is 9.47 Å². The molecular formula is C20H22Cl2N2O4. The van der Waals surface area contributed by atoms with E-state index in [1.165, 1.54) is 6.07 Å². The highest BCUT2D eigenvalue weighted by Gasteiger charge is 2.19. The summed E-state index contributed by atoms with van der Waals surface area (Å²) in [6.07, 6.45) is 0. The van der Waals surface area contributed by atoms with Crippen molar-refractivity contribution in [1.29, 1.82) is 0 Å². The van der Waals surface area contributed by atoms with Gasteiger partial charge in [0, 0.05) is 5.02 Å². The molecular weight excluding hydrogens is 403 g/mol. The molecule has 0 atom stereocenters. The number of ether oxygens (including phenoxy) is 2. The first-order valence-corrected chi connectivity index (χ1v) is 9.30. The fourth-order valence-electron chi connectivity index (χ4n) is 2.30. The van der Waals surface area contributed by atoms with Crippen LogP contribution in [0, 0.1) is 0 Å². The van der Waals surface area contributed by atoms with Gasteiger partial charge in [0.05, 0.1) is 5.02 Å². The molecule has 0 saturated carbocycles. The highest BCUT2D eigenvalue weighted by Crippen LogP contribution is 2.30. The fourth-order valence-corrected chi connectivity index (χ4v) is 2.77. The molecule has 0 spiro atoms. The molecule has 0 saturated heterocycles. The van der Waals surface area contributed by atoms with Crippen LogP contribution < -0.4 is 20.3 Å². The van der Waals surface area contributed by atoms with Crippen LogP contribution in [0.25, 0.3) is 0 Å². The summed E-state index contributed by atoms with van der Waals surface area (Å²) in [4.78, 5) is 23.7. The third kappa shape index (κ3) is 6.62. The molecule has 6 nitrogen and oxygen atoms in total. The van der Waals surface area contributed by atoms with Crippen LogP contribution in [0.15, 0.2) is 42.5 Å². The summed E-state index contributed by atoms with van der Waals surface area (Å²) in [5.74, 6) is -0.108. The first-order chi connectivity index (χ1) is 13.2. The summed E-state index contributed by atoms with van der Waals surface area (Å²) >= 11 is 11.8. The summed E-state index contributed by atoms with van der Waals surface area (Å²) in [5, 5.41) is 0.748. The van der Waals surface area contributed by atoms with Gasteiger partial charge >= 0.3 is 0 Å². The van der Waals surface area contributed by atoms with Crippen LogP contribution in [0.5, 0.6) is 11.5 Å². The van der Waals surface area contributed by atoms with Gasteiger partial charge in [-0.25, -0.2) is 0 Å². The summed E-state index contributed by atoms with van der Waals surface area (Å²) < 4.78 is 10.9. The van der Waals surface area contributed by atoms with Gasteiger partial charge in [-0.05, 0) is 35.2 Å². The summed E-state index contributed by atoms with van der Waals surface area (Å²) in [6, 6.07) is 12.2. The first-order valence-electron chi connectivity index (χ1n) is 8.54. The van der Waals surface area contributed by atoms with Crippen molar-refractivity contribution in [3.05, 3.63) is 58.1 Å². The number of para-hydroxylation sites is 1. The minimum atomic E-state index is -0.547. The fraction of sp³-hybridized carbons (Fsp3) is 0.300. The van der Waals surface area contributed by atoms with E-state index in [4.69, 9.17) is 32.7 Å². The van der Waals surface area contributed by atoms with E-state index in [0.717, 1.165) is 5.56 Å². The Balaban J connectivity index is 1.77. The van der Waals surface area contributed by atoms with E-state index in [9.17, 15) is 9.59 Å². The number of nitrogens with one attached hydrogen (secondary N) is 2. The van der Waals surface area contributed by atoms with Crippen LogP contribution in [0.2, 0.25) is 10.0 Å². The molecule has 0 aliphatic carbocycles. The van der Waals surface area contributed by atoms with Crippen molar-refractivity contribution in [1.82, 2.24) is 10.9 Å². The van der Waals surface area contributed by atoms with Crippen molar-refractivity contribution in [3.8, 4) is 11.5 Å². The van der Waals surface area contributed by atoms with Gasteiger partial charge in [-0.3, -0.25) is 20.4 Å². The molecule has 0 fully saturated rings. The zero-order chi connectivity index (χ0) is 20.7. The molecule has 2 aromatic carbocycles. The lowest BCUT2D eigenvalue weighted by atomic mass is 9.86. The number of rotatable bonds is 6. The molecule has 0 aromatic heterocycles. The Kier molecular flexibility index (Phi) is 7.54. The molecule has 0 heterocycles. The predicted molar refractivity (Wildman–Crippen MR) is 109 cm³/mol. The number of benzene rings is 2. The number of carbonyl (C=O) groups is 2. The Bertz CT molecular complexity index is 850. The van der Waals surface area contributed by atoms with E-state index in [0.29, 0.717) is 16.5 Å². The lowest BCUT2D eigenvalue weighted by Gasteiger charge is -2.22. The smallest absolute Gasteiger partial charge is 0.276 e. The molecule has 2 N–H and O–H groups in total. The topological polar surface area (TPSA) is 76.7 Å². The van der Waals surface area contributed by atoms with Gasteiger partial charge in [0.1, 0.15) is 11.5 Å². The number of halogens is 2. The summed E-state index contributed by atoms with van der Waals surface area (Å²) in [5.41, 5.74) is 5.39. The third-order valence-corrected chi connectivity index (χ3v) is 4.18. The molecule has 0 bridgehead atoms. The maximum absolute atomic E-state index is 11.9. The molecule has 0 aliphatic rings. The molecule has 28 heavy (non-hydrogen) atoms. The number of hydrazine groups is 1. The van der Waals surface area contributed by atoms with Crippen LogP contribution >= 0.6 is 23.2 Å². The van der Waals surface area contributed by atoms with Gasteiger partial charge in [0.15, 0.2) is 13.2 Å². The highest BCUT2D eigenvalue weighted by molar-refractivity contribution is 6.35. The second-order valence-corrected chi connectivity index (χ2v) is 7.84. The normalized spacial score (nSPS) is 10.9. The van der Waals surface area contributed by atoms with E-state index >= 15 is 0 Å². The highest BCUT2D eigenvalue weighted by atomic mass is 35.5. The van der Waals surface area contributed by atoms with Crippen molar-refractivity contribution in [2.75, 3.05) is 13.2 Å². The quantitative estimate of drug-likeness (QED) is 0.689. The van der Waals surface area contributed by atoms with Crippen molar-refractivity contribution >= 4 is 35.0 Å². The van der Waals surface area contributed by atoms with Crippen LogP contribution in [-0.4, -0.2) is 25.0 Å². The second kappa shape index (κ2) is 9.66. The van der Waals surface area contributed by atoms with E-state index in [1.807, 2.05) is 18.2 Å². The molecule has 2 amide bonds. The maximum Gasteiger partial charge on any atom is 0.276 e. The molecule has 0 unspecified atom stereocenters. The minimum absolute atomic E-state index is 0.123. The van der Waals surface area contributed by atoms with E-state index in [-0.39, 0.29) is 23.7 Å². The van der Waals surface area contributed by atoms with Crippen molar-refractivity contribution < 1.29 is 19.1 Å². The number of hydrogen-bond acceptors (Lipinski definition) is 4. The SMILES string of the molecule is CC(C)(C)c1ccccc1OCC(=O)NNC(=O)COc1ccc(Cl)cc1Cl. The Morgan fingerprint density at radius 2 is 1.46 bits per heavy atom. The van der Waals surface area contributed by atoms with E-state index < -0.39 is 11.8 Å². The van der Waals surface area contributed by atoms with Crippen molar-refractivity contribution in [2.24, 2.45) is 0 Å². The van der Waals surface area contributed by atoms with Crippen LogP contribution in [-0.2, 0) is 15.0 Å². The van der Waals surface area contributed by atoms with Crippen molar-refractivity contribution in [3.63, 3.8) is 0 Å². The Morgan fingerprint density at radius 1 is 0.893 bits per heavy atom. The van der Waals surface area contributed by atoms with E-state index in [2.05, 4.69) is 31.6 Å². The summed E-state index contributed by atoms with van der Waals surface area (Å²) in [6.45, 7) is 5.61. The van der Waals surface area contributed by atoms with Crippen LogP contribution in [0.4, 0.5) is 0 Å². The molecule has 150 valence electrons. The van der Waals surface area contributed by atoms with Gasteiger partial charge in [-0.1, -0.05) is 62.2 Å². The predicted octanol–water partition coefficient (Wildman–Crippen LogP) is 3.90. The molecule has 0 aliphatic heterocycles. The van der Waals surface area contributed by atoms with Gasteiger partial charge in [-0.2, -0.15) is 0 Å². The average molecular weight is 425 g/mol. The third-order valence-electron chi connectivity index (χ3n) is 3.65. The first kappa shape index (κ1) is 21.9. The average Bonchev–Trinajstić information content (AvgIpc) is 2.63. The molecule has 2 aromatic rings. The summed E-state index contributed by atoms with van der Waals surface area (Å²) in [7, 11) is 0. The lowest BCUT2D eigenvalue weighted by Crippen LogP contribution is -2.45. The van der Waals surface area contributed by atoms with E-state index in [1.54, 1.807) is 18.2 Å². The van der Waals surface area contributed by atoms with Gasteiger partial charge in [-0.15, -0.1) is 0 Å². The Labute approximate surface area is 174 Å². The number of hydrogen-bond donors (Lipinski definition) is 2. The van der Waals surface area contributed by atoms with Gasteiger partial charge in [0.25, 0.3) is 11.8 Å². The zero-order valence-electron chi connectivity index (χ0n) is 15.8. The standard InChI is InChI=1S/C20H22Cl2N2O4/c1-20(2,3)14-6-4-5-7-16(14)27-11-18(25)23-24-19(26)12-28-17-9-8-13(21)10-15(17)22/h4-10H,11-12H2,1-3H3,(H,23,25)(H,24,26). The number of carbonyl (C=O) groups excluding carboxylic acids is 2. The Hall–Kier alpha value is -2.44. The largest absolute Gasteiger partial charge is 0.483 e. The lowest BCUT2D eigenvalue weighted by molar-refractivity contribution is -0.131. The van der Waals surface area contributed by atoms with Crippen molar-refractivity contribution in [2.45, 2.75) is 26.2 Å². The molecule has 8 heteroatoms. The van der Waals surface area contributed by atoms with Gasteiger partial charge in [0.2, 0.25) is 0 Å². The van der Waals surface area contributed by atoms with Crippen LogP contribution in [0.1, 0.15) is 26.3 Å². The monoisotopic (exact) mass is 424 g/mol.